The summed E-state index contributed by atoms with van der Waals surface area (Å²) in [6.45, 7) is 4.92. The summed E-state index contributed by atoms with van der Waals surface area (Å²) in [5, 5.41) is 6.80. The van der Waals surface area contributed by atoms with Crippen molar-refractivity contribution in [1.29, 1.82) is 0 Å². The Bertz CT molecular complexity index is 989. The minimum absolute atomic E-state index is 0.0104. The van der Waals surface area contributed by atoms with Gasteiger partial charge in [0.2, 0.25) is 5.91 Å². The molecule has 0 saturated carbocycles. The van der Waals surface area contributed by atoms with Crippen LogP contribution in [0, 0.1) is 5.92 Å². The van der Waals surface area contributed by atoms with Crippen molar-refractivity contribution in [2.24, 2.45) is 5.92 Å². The van der Waals surface area contributed by atoms with Crippen LogP contribution in [0.3, 0.4) is 0 Å². The summed E-state index contributed by atoms with van der Waals surface area (Å²) in [6.07, 6.45) is 1.98. The number of hydrogen-bond acceptors (Lipinski definition) is 3. The van der Waals surface area contributed by atoms with Crippen LogP contribution in [-0.4, -0.2) is 47.8 Å². The van der Waals surface area contributed by atoms with Crippen LogP contribution in [0.25, 0.3) is 0 Å². The normalized spacial score (nSPS) is 16.1. The van der Waals surface area contributed by atoms with Gasteiger partial charge in [0.05, 0.1) is 10.6 Å². The van der Waals surface area contributed by atoms with Crippen LogP contribution < -0.4 is 10.6 Å². The molecule has 0 unspecified atom stereocenters. The van der Waals surface area contributed by atoms with E-state index >= 15 is 0 Å². The number of carbonyl (C=O) groups is 3. The van der Waals surface area contributed by atoms with E-state index in [0.29, 0.717) is 47.1 Å². The van der Waals surface area contributed by atoms with Gasteiger partial charge in [-0.2, -0.15) is 0 Å². The molecule has 1 saturated heterocycles. The van der Waals surface area contributed by atoms with Crippen molar-refractivity contribution in [1.82, 2.24) is 15.5 Å². The molecule has 176 valence electrons. The molecular weight excluding hydrogens is 461 g/mol. The highest BCUT2D eigenvalue weighted by Gasteiger charge is 2.34. The van der Waals surface area contributed by atoms with Gasteiger partial charge in [-0.3, -0.25) is 14.4 Å². The molecule has 0 spiro atoms. The van der Waals surface area contributed by atoms with Gasteiger partial charge in [0, 0.05) is 29.7 Å². The first-order valence-corrected chi connectivity index (χ1v) is 12.0. The highest BCUT2D eigenvalue weighted by molar-refractivity contribution is 6.33. The van der Waals surface area contributed by atoms with E-state index in [4.69, 9.17) is 23.2 Å². The molecule has 0 aliphatic carbocycles. The summed E-state index contributed by atoms with van der Waals surface area (Å²) >= 11 is 12.1. The second-order valence-corrected chi connectivity index (χ2v) is 9.23. The summed E-state index contributed by atoms with van der Waals surface area (Å²) in [4.78, 5) is 40.6. The summed E-state index contributed by atoms with van der Waals surface area (Å²) in [5.41, 5.74) is 0.909. The van der Waals surface area contributed by atoms with E-state index in [-0.39, 0.29) is 29.7 Å². The zero-order valence-electron chi connectivity index (χ0n) is 18.8. The maximum Gasteiger partial charge on any atom is 0.253 e. The molecule has 2 aromatic rings. The van der Waals surface area contributed by atoms with Crippen molar-refractivity contribution >= 4 is 40.9 Å². The van der Waals surface area contributed by atoms with E-state index in [1.165, 1.54) is 0 Å². The molecule has 2 N–H and O–H groups in total. The lowest BCUT2D eigenvalue weighted by Crippen LogP contribution is -2.55. The number of halogens is 2. The summed E-state index contributed by atoms with van der Waals surface area (Å²) < 4.78 is 0. The standard InChI is InChI=1S/C25H29Cl2N3O3/c1-3-16(2)28-24(32)22(29-23(31)20-6-4-5-7-21(20)27)17-12-14-30(15-13-17)25(33)18-8-10-19(26)11-9-18/h4-11,16-17,22H,3,12-15H2,1-2H3,(H,28,32)(H,29,31)/t16-,22+/m0/s1. The van der Waals surface area contributed by atoms with Crippen molar-refractivity contribution in [3.05, 3.63) is 69.7 Å². The lowest BCUT2D eigenvalue weighted by Gasteiger charge is -2.36. The van der Waals surface area contributed by atoms with Gasteiger partial charge in [-0.25, -0.2) is 0 Å². The van der Waals surface area contributed by atoms with Crippen molar-refractivity contribution in [3.8, 4) is 0 Å². The first-order chi connectivity index (χ1) is 15.8. The van der Waals surface area contributed by atoms with Gasteiger partial charge in [0.25, 0.3) is 11.8 Å². The number of nitrogens with zero attached hydrogens (tertiary/aromatic N) is 1. The van der Waals surface area contributed by atoms with Gasteiger partial charge >= 0.3 is 0 Å². The molecule has 1 aliphatic heterocycles. The molecule has 3 rings (SSSR count). The van der Waals surface area contributed by atoms with Gasteiger partial charge in [-0.15, -0.1) is 0 Å². The molecule has 0 radical (unpaired) electrons. The predicted octanol–water partition coefficient (Wildman–Crippen LogP) is 4.56. The number of hydrogen-bond donors (Lipinski definition) is 2. The highest BCUT2D eigenvalue weighted by atomic mass is 35.5. The number of nitrogens with one attached hydrogen (secondary N) is 2. The van der Waals surface area contributed by atoms with Crippen LogP contribution >= 0.6 is 23.2 Å². The fourth-order valence-corrected chi connectivity index (χ4v) is 4.25. The topological polar surface area (TPSA) is 78.5 Å². The molecule has 2 aromatic carbocycles. The Morgan fingerprint density at radius 3 is 2.24 bits per heavy atom. The van der Waals surface area contributed by atoms with Crippen LogP contribution in [0.5, 0.6) is 0 Å². The minimum Gasteiger partial charge on any atom is -0.352 e. The second-order valence-electron chi connectivity index (χ2n) is 8.39. The van der Waals surface area contributed by atoms with Gasteiger partial charge in [-0.1, -0.05) is 42.3 Å². The van der Waals surface area contributed by atoms with E-state index in [0.717, 1.165) is 6.42 Å². The molecule has 3 amide bonds. The number of piperidine rings is 1. The third-order valence-electron chi connectivity index (χ3n) is 6.08. The Balaban J connectivity index is 1.71. The van der Waals surface area contributed by atoms with E-state index in [1.807, 2.05) is 13.8 Å². The monoisotopic (exact) mass is 489 g/mol. The van der Waals surface area contributed by atoms with Crippen LogP contribution in [0.1, 0.15) is 53.8 Å². The number of amides is 3. The third kappa shape index (κ3) is 6.49. The Labute approximate surface area is 204 Å². The Kier molecular flexibility index (Phi) is 8.75. The van der Waals surface area contributed by atoms with Gasteiger partial charge < -0.3 is 15.5 Å². The molecule has 8 heteroatoms. The first-order valence-electron chi connectivity index (χ1n) is 11.2. The third-order valence-corrected chi connectivity index (χ3v) is 6.66. The van der Waals surface area contributed by atoms with Crippen LogP contribution in [0.15, 0.2) is 48.5 Å². The number of rotatable bonds is 7. The molecule has 33 heavy (non-hydrogen) atoms. The Morgan fingerprint density at radius 2 is 1.64 bits per heavy atom. The van der Waals surface area contributed by atoms with Gasteiger partial charge in [-0.05, 0) is 68.5 Å². The number of benzene rings is 2. The second kappa shape index (κ2) is 11.5. The summed E-state index contributed by atoms with van der Waals surface area (Å²) in [6, 6.07) is 12.9. The van der Waals surface area contributed by atoms with E-state index < -0.39 is 6.04 Å². The average Bonchev–Trinajstić information content (AvgIpc) is 2.82. The average molecular weight is 490 g/mol. The van der Waals surface area contributed by atoms with E-state index in [2.05, 4.69) is 10.6 Å². The summed E-state index contributed by atoms with van der Waals surface area (Å²) in [7, 11) is 0. The van der Waals surface area contributed by atoms with E-state index in [1.54, 1.807) is 53.4 Å². The predicted molar refractivity (Wildman–Crippen MR) is 131 cm³/mol. The number of carbonyl (C=O) groups excluding carboxylic acids is 3. The van der Waals surface area contributed by atoms with E-state index in [9.17, 15) is 14.4 Å². The molecule has 1 fully saturated rings. The van der Waals surface area contributed by atoms with Gasteiger partial charge in [0.1, 0.15) is 6.04 Å². The molecule has 1 aliphatic rings. The maximum atomic E-state index is 13.1. The van der Waals surface area contributed by atoms with Crippen molar-refractivity contribution in [2.75, 3.05) is 13.1 Å². The highest BCUT2D eigenvalue weighted by Crippen LogP contribution is 2.24. The smallest absolute Gasteiger partial charge is 0.253 e. The molecule has 0 bridgehead atoms. The van der Waals surface area contributed by atoms with Crippen LogP contribution in [0.2, 0.25) is 10.0 Å². The Hall–Kier alpha value is -2.57. The van der Waals surface area contributed by atoms with Crippen LogP contribution in [0.4, 0.5) is 0 Å². The quantitative estimate of drug-likeness (QED) is 0.598. The van der Waals surface area contributed by atoms with Crippen molar-refractivity contribution < 1.29 is 14.4 Å². The largest absolute Gasteiger partial charge is 0.352 e. The molecule has 6 nitrogen and oxygen atoms in total. The SMILES string of the molecule is CC[C@H](C)NC(=O)[C@H](NC(=O)c1ccccc1Cl)C1CCN(C(=O)c2ccc(Cl)cc2)CC1. The van der Waals surface area contributed by atoms with Crippen molar-refractivity contribution in [3.63, 3.8) is 0 Å². The molecule has 2 atom stereocenters. The zero-order valence-corrected chi connectivity index (χ0v) is 20.3. The molecular formula is C25H29Cl2N3O3. The maximum absolute atomic E-state index is 13.1. The molecule has 0 aromatic heterocycles. The fraction of sp³-hybridized carbons (Fsp3) is 0.400. The minimum atomic E-state index is -0.712. The lowest BCUT2D eigenvalue weighted by atomic mass is 9.88. The lowest BCUT2D eigenvalue weighted by molar-refractivity contribution is -0.125. The van der Waals surface area contributed by atoms with Crippen LogP contribution in [-0.2, 0) is 4.79 Å². The fourth-order valence-electron chi connectivity index (χ4n) is 3.91. The Morgan fingerprint density at radius 1 is 1.00 bits per heavy atom. The molecule has 1 heterocycles. The van der Waals surface area contributed by atoms with Crippen molar-refractivity contribution in [2.45, 2.75) is 45.2 Å². The van der Waals surface area contributed by atoms with Gasteiger partial charge in [0.15, 0.2) is 0 Å². The number of likely N-dealkylation sites (tertiary alicyclic amines) is 1. The summed E-state index contributed by atoms with van der Waals surface area (Å²) in [5.74, 6) is -0.766. The first kappa shape index (κ1) is 25.1. The zero-order chi connectivity index (χ0) is 24.0.